The lowest BCUT2D eigenvalue weighted by Crippen LogP contribution is -2.33. The van der Waals surface area contributed by atoms with Crippen LogP contribution in [0.25, 0.3) is 16.8 Å². The van der Waals surface area contributed by atoms with E-state index < -0.39 is 0 Å². The van der Waals surface area contributed by atoms with Gasteiger partial charge in [-0.25, -0.2) is 0 Å². The standard InChI is InChI=1S/C36H40N2/c1-2-3-4-5-6-7-10-15-29-20-22-33(23-21-29)36-28-35(37-38(36)34-18-13-9-14-19-34)32-26-24-31(25-27-32)30-16-11-8-12-17-30/h8-9,11-14,16-28,36-37H,2-7,10,15H2,1H3. The van der Waals surface area contributed by atoms with E-state index in [4.69, 9.17) is 0 Å². The van der Waals surface area contributed by atoms with E-state index in [0.29, 0.717) is 0 Å². The van der Waals surface area contributed by atoms with Crippen molar-refractivity contribution in [3.63, 3.8) is 0 Å². The molecule has 0 saturated carbocycles. The lowest BCUT2D eigenvalue weighted by Gasteiger charge is -2.27. The number of anilines is 1. The van der Waals surface area contributed by atoms with Gasteiger partial charge in [-0.15, -0.1) is 0 Å². The van der Waals surface area contributed by atoms with Crippen molar-refractivity contribution < 1.29 is 0 Å². The monoisotopic (exact) mass is 500 g/mol. The van der Waals surface area contributed by atoms with E-state index in [9.17, 15) is 0 Å². The molecule has 0 spiro atoms. The lowest BCUT2D eigenvalue weighted by atomic mass is 9.99. The molecule has 194 valence electrons. The van der Waals surface area contributed by atoms with E-state index in [-0.39, 0.29) is 6.04 Å². The summed E-state index contributed by atoms with van der Waals surface area (Å²) in [5, 5.41) is 2.28. The van der Waals surface area contributed by atoms with Crippen LogP contribution in [0.1, 0.15) is 74.6 Å². The molecular formula is C36H40N2. The van der Waals surface area contributed by atoms with Crippen molar-refractivity contribution in [1.82, 2.24) is 5.43 Å². The number of para-hydroxylation sites is 1. The second kappa shape index (κ2) is 13.1. The molecule has 1 heterocycles. The molecular weight excluding hydrogens is 460 g/mol. The number of rotatable bonds is 12. The number of nitrogens with zero attached hydrogens (tertiary/aromatic N) is 1. The molecule has 2 heteroatoms. The van der Waals surface area contributed by atoms with Crippen LogP contribution < -0.4 is 10.4 Å². The minimum atomic E-state index is 0.133. The number of unbranched alkanes of at least 4 members (excludes halogenated alkanes) is 6. The van der Waals surface area contributed by atoms with Crippen molar-refractivity contribution in [2.24, 2.45) is 0 Å². The number of hydrazine groups is 1. The third-order valence-electron chi connectivity index (χ3n) is 7.57. The van der Waals surface area contributed by atoms with E-state index in [0.717, 1.165) is 11.4 Å². The smallest absolute Gasteiger partial charge is 0.0958 e. The van der Waals surface area contributed by atoms with Crippen LogP contribution in [-0.4, -0.2) is 0 Å². The highest BCUT2D eigenvalue weighted by Gasteiger charge is 2.27. The molecule has 4 aromatic carbocycles. The van der Waals surface area contributed by atoms with Crippen molar-refractivity contribution in [2.45, 2.75) is 64.3 Å². The minimum absolute atomic E-state index is 0.133. The highest BCUT2D eigenvalue weighted by atomic mass is 15.5. The second-order valence-electron chi connectivity index (χ2n) is 10.4. The summed E-state index contributed by atoms with van der Waals surface area (Å²) >= 11 is 0. The van der Waals surface area contributed by atoms with Gasteiger partial charge in [0.05, 0.1) is 17.4 Å². The van der Waals surface area contributed by atoms with Gasteiger partial charge in [-0.2, -0.15) is 0 Å². The summed E-state index contributed by atoms with van der Waals surface area (Å²) in [7, 11) is 0. The maximum atomic E-state index is 3.70. The molecule has 0 bridgehead atoms. The Morgan fingerprint density at radius 2 is 1.16 bits per heavy atom. The normalized spacial score (nSPS) is 14.8. The molecule has 5 rings (SSSR count). The molecule has 0 aliphatic carbocycles. The minimum Gasteiger partial charge on any atom is -0.297 e. The van der Waals surface area contributed by atoms with Crippen LogP contribution in [0.4, 0.5) is 5.69 Å². The highest BCUT2D eigenvalue weighted by Crippen LogP contribution is 2.35. The van der Waals surface area contributed by atoms with Gasteiger partial charge in [-0.1, -0.05) is 143 Å². The first-order chi connectivity index (χ1) is 18.8. The first kappa shape index (κ1) is 25.9. The molecule has 0 radical (unpaired) electrons. The average Bonchev–Trinajstić information content (AvgIpc) is 3.44. The maximum Gasteiger partial charge on any atom is 0.0958 e. The third-order valence-corrected chi connectivity index (χ3v) is 7.57. The van der Waals surface area contributed by atoms with E-state index in [1.165, 1.54) is 79.2 Å². The molecule has 1 atom stereocenters. The molecule has 0 amide bonds. The molecule has 38 heavy (non-hydrogen) atoms. The fourth-order valence-corrected chi connectivity index (χ4v) is 5.33. The van der Waals surface area contributed by atoms with Gasteiger partial charge in [0, 0.05) is 0 Å². The Kier molecular flexibility index (Phi) is 8.94. The van der Waals surface area contributed by atoms with Crippen molar-refractivity contribution in [1.29, 1.82) is 0 Å². The Balaban J connectivity index is 1.29. The Morgan fingerprint density at radius 3 is 1.84 bits per heavy atom. The third kappa shape index (κ3) is 6.55. The van der Waals surface area contributed by atoms with Crippen LogP contribution in [0.3, 0.4) is 0 Å². The molecule has 1 N–H and O–H groups in total. The molecule has 0 aromatic heterocycles. The Hall–Kier alpha value is -3.78. The zero-order chi connectivity index (χ0) is 26.0. The van der Waals surface area contributed by atoms with Crippen molar-refractivity contribution in [2.75, 3.05) is 5.01 Å². The molecule has 2 nitrogen and oxygen atoms in total. The van der Waals surface area contributed by atoms with Crippen molar-refractivity contribution in [3.05, 3.63) is 132 Å². The number of hydrogen-bond acceptors (Lipinski definition) is 2. The van der Waals surface area contributed by atoms with Crippen LogP contribution in [-0.2, 0) is 6.42 Å². The van der Waals surface area contributed by atoms with Crippen LogP contribution in [0.5, 0.6) is 0 Å². The summed E-state index contributed by atoms with van der Waals surface area (Å²) in [6.45, 7) is 2.28. The van der Waals surface area contributed by atoms with Gasteiger partial charge in [-0.3, -0.25) is 10.4 Å². The number of hydrogen-bond donors (Lipinski definition) is 1. The summed E-state index contributed by atoms with van der Waals surface area (Å²) in [5.74, 6) is 0. The predicted molar refractivity (Wildman–Crippen MR) is 163 cm³/mol. The number of benzene rings is 4. The van der Waals surface area contributed by atoms with E-state index in [2.05, 4.69) is 133 Å². The molecule has 1 unspecified atom stereocenters. The largest absolute Gasteiger partial charge is 0.297 e. The quantitative estimate of drug-likeness (QED) is 0.195. The van der Waals surface area contributed by atoms with Gasteiger partial charge in [0.2, 0.25) is 0 Å². The molecule has 0 saturated heterocycles. The highest BCUT2D eigenvalue weighted by molar-refractivity contribution is 5.74. The fraction of sp³-hybridized carbons (Fsp3) is 0.278. The fourth-order valence-electron chi connectivity index (χ4n) is 5.33. The van der Waals surface area contributed by atoms with Crippen molar-refractivity contribution in [3.8, 4) is 11.1 Å². The molecule has 1 aliphatic rings. The van der Waals surface area contributed by atoms with Gasteiger partial charge in [0.1, 0.15) is 0 Å². The summed E-state index contributed by atoms with van der Waals surface area (Å²) in [5.41, 5.74) is 12.4. The summed E-state index contributed by atoms with van der Waals surface area (Å²) in [6, 6.07) is 39.5. The van der Waals surface area contributed by atoms with Crippen LogP contribution in [0.2, 0.25) is 0 Å². The first-order valence-corrected chi connectivity index (χ1v) is 14.4. The molecule has 4 aromatic rings. The summed E-state index contributed by atoms with van der Waals surface area (Å²) < 4.78 is 0. The van der Waals surface area contributed by atoms with E-state index in [1.54, 1.807) is 0 Å². The first-order valence-electron chi connectivity index (χ1n) is 14.4. The van der Waals surface area contributed by atoms with E-state index >= 15 is 0 Å². The lowest BCUT2D eigenvalue weighted by molar-refractivity contribution is 0.589. The summed E-state index contributed by atoms with van der Waals surface area (Å²) in [4.78, 5) is 0. The zero-order valence-electron chi connectivity index (χ0n) is 22.7. The van der Waals surface area contributed by atoms with Gasteiger partial charge in [-0.05, 0) is 58.9 Å². The SMILES string of the molecule is CCCCCCCCCc1ccc(C2C=C(c3ccc(-c4ccccc4)cc3)NN2c2ccccc2)cc1. The van der Waals surface area contributed by atoms with Crippen LogP contribution >= 0.6 is 0 Å². The predicted octanol–water partition coefficient (Wildman–Crippen LogP) is 9.75. The van der Waals surface area contributed by atoms with Crippen molar-refractivity contribution >= 4 is 11.4 Å². The second-order valence-corrected chi connectivity index (χ2v) is 10.4. The number of nitrogens with one attached hydrogen (secondary N) is 1. The Labute approximate surface area is 229 Å². The topological polar surface area (TPSA) is 15.3 Å². The van der Waals surface area contributed by atoms with Gasteiger partial charge < -0.3 is 0 Å². The average molecular weight is 501 g/mol. The molecule has 0 fully saturated rings. The Morgan fingerprint density at radius 1 is 0.579 bits per heavy atom. The summed E-state index contributed by atoms with van der Waals surface area (Å²) in [6.07, 6.45) is 13.0. The molecule has 1 aliphatic heterocycles. The zero-order valence-corrected chi connectivity index (χ0v) is 22.7. The van der Waals surface area contributed by atoms with Gasteiger partial charge in [0.15, 0.2) is 0 Å². The van der Waals surface area contributed by atoms with Crippen LogP contribution in [0.15, 0.2) is 115 Å². The van der Waals surface area contributed by atoms with Crippen LogP contribution in [0, 0.1) is 0 Å². The maximum absolute atomic E-state index is 3.70. The number of aryl methyl sites for hydroxylation is 1. The van der Waals surface area contributed by atoms with Gasteiger partial charge >= 0.3 is 0 Å². The van der Waals surface area contributed by atoms with E-state index in [1.807, 2.05) is 0 Å². The van der Waals surface area contributed by atoms with Gasteiger partial charge in [0.25, 0.3) is 0 Å². The Bertz CT molecular complexity index is 1280.